The highest BCUT2D eigenvalue weighted by Crippen LogP contribution is 2.33. The van der Waals surface area contributed by atoms with Gasteiger partial charge in [-0.2, -0.15) is 18.3 Å². The minimum atomic E-state index is -4.53. The molecule has 0 bridgehead atoms. The highest BCUT2D eigenvalue weighted by Gasteiger charge is 2.30. The predicted octanol–water partition coefficient (Wildman–Crippen LogP) is 4.60. The van der Waals surface area contributed by atoms with Crippen molar-refractivity contribution >= 4 is 28.9 Å². The number of hydrogen-bond acceptors (Lipinski definition) is 5. The van der Waals surface area contributed by atoms with Crippen LogP contribution in [0.25, 0.3) is 16.6 Å². The van der Waals surface area contributed by atoms with Gasteiger partial charge < -0.3 is 11.1 Å². The van der Waals surface area contributed by atoms with Gasteiger partial charge in [-0.05, 0) is 41.8 Å². The number of urea groups is 1. The van der Waals surface area contributed by atoms with Crippen LogP contribution in [0.1, 0.15) is 18.1 Å². The number of rotatable bonds is 4. The fraction of sp³-hybridized carbons (Fsp3) is 0.143. The van der Waals surface area contributed by atoms with Crippen LogP contribution in [0.4, 0.5) is 35.3 Å². The van der Waals surface area contributed by atoms with Crippen molar-refractivity contribution in [1.29, 1.82) is 0 Å². The van der Waals surface area contributed by atoms with Crippen LogP contribution in [0.5, 0.6) is 0 Å². The molecule has 11 heteroatoms. The van der Waals surface area contributed by atoms with Gasteiger partial charge in [-0.25, -0.2) is 19.3 Å². The van der Waals surface area contributed by atoms with Crippen LogP contribution in [0, 0.1) is 0 Å². The van der Waals surface area contributed by atoms with E-state index >= 15 is 0 Å². The Bertz CT molecular complexity index is 1280. The molecular formula is C21H18F3N7O. The molecule has 0 unspecified atom stereocenters. The maximum Gasteiger partial charge on any atom is 0.416 e. The summed E-state index contributed by atoms with van der Waals surface area (Å²) in [6.45, 7) is 2.02. The monoisotopic (exact) mass is 441 g/mol. The van der Waals surface area contributed by atoms with Gasteiger partial charge in [-0.15, -0.1) is 0 Å². The fourth-order valence-electron chi connectivity index (χ4n) is 3.35. The highest BCUT2D eigenvalue weighted by molar-refractivity contribution is 5.99. The number of carbonyl (C=O) groups excluding carboxylic acids is 1. The first-order chi connectivity index (χ1) is 15.3. The smallest absolute Gasteiger partial charge is 0.382 e. The first-order valence-corrected chi connectivity index (χ1v) is 9.58. The molecule has 0 saturated carbocycles. The lowest BCUT2D eigenvalue weighted by Gasteiger charge is -2.11. The number of nitrogens with one attached hydrogen (secondary N) is 2. The number of nitrogens with zero attached hydrogens (tertiary/aromatic N) is 4. The van der Waals surface area contributed by atoms with Gasteiger partial charge in [-0.3, -0.25) is 5.32 Å². The number of nitrogen functional groups attached to an aromatic ring is 1. The van der Waals surface area contributed by atoms with E-state index in [-0.39, 0.29) is 5.82 Å². The van der Waals surface area contributed by atoms with Gasteiger partial charge in [0.05, 0.1) is 5.56 Å². The normalized spacial score (nSPS) is 11.5. The summed E-state index contributed by atoms with van der Waals surface area (Å²) in [6.07, 6.45) is 0.488. The zero-order valence-electron chi connectivity index (χ0n) is 16.8. The maximum atomic E-state index is 12.8. The van der Waals surface area contributed by atoms with Gasteiger partial charge in [-0.1, -0.05) is 19.1 Å². The molecule has 3 heterocycles. The van der Waals surface area contributed by atoms with Crippen LogP contribution >= 0.6 is 0 Å². The molecule has 0 aliphatic rings. The van der Waals surface area contributed by atoms with E-state index in [9.17, 15) is 18.0 Å². The van der Waals surface area contributed by atoms with Crippen molar-refractivity contribution < 1.29 is 18.0 Å². The van der Waals surface area contributed by atoms with E-state index < -0.39 is 17.8 Å². The Morgan fingerprint density at radius 2 is 1.88 bits per heavy atom. The average molecular weight is 441 g/mol. The second-order valence-electron chi connectivity index (χ2n) is 6.91. The highest BCUT2D eigenvalue weighted by atomic mass is 19.4. The molecule has 2 amide bonds. The van der Waals surface area contributed by atoms with Crippen molar-refractivity contribution in [3.63, 3.8) is 0 Å². The summed E-state index contributed by atoms with van der Waals surface area (Å²) in [6, 6.07) is 7.84. The number of aryl methyl sites for hydroxylation is 1. The zero-order valence-corrected chi connectivity index (χ0v) is 16.8. The second-order valence-corrected chi connectivity index (χ2v) is 6.91. The van der Waals surface area contributed by atoms with Gasteiger partial charge >= 0.3 is 12.2 Å². The molecule has 4 aromatic rings. The summed E-state index contributed by atoms with van der Waals surface area (Å²) in [4.78, 5) is 20.0. The van der Waals surface area contributed by atoms with Crippen LogP contribution < -0.4 is 16.4 Å². The number of halogens is 3. The second kappa shape index (κ2) is 8.17. The fourth-order valence-corrected chi connectivity index (χ4v) is 3.35. The predicted molar refractivity (Wildman–Crippen MR) is 114 cm³/mol. The molecule has 32 heavy (non-hydrogen) atoms. The molecule has 8 nitrogen and oxygen atoms in total. The molecule has 4 N–H and O–H groups in total. The first kappa shape index (κ1) is 21.1. The molecular weight excluding hydrogens is 423 g/mol. The summed E-state index contributed by atoms with van der Waals surface area (Å²) in [5, 5.41) is 9.07. The largest absolute Gasteiger partial charge is 0.416 e. The SMILES string of the molecule is CCc1cn2ncnc(N)c2c1-c1ccc(NC(=O)Nc2cc(C(F)(F)F)ccn2)cc1. The van der Waals surface area contributed by atoms with Gasteiger partial charge in [0.15, 0.2) is 5.82 Å². The van der Waals surface area contributed by atoms with E-state index in [1.807, 2.05) is 13.1 Å². The van der Waals surface area contributed by atoms with Crippen molar-refractivity contribution in [1.82, 2.24) is 19.6 Å². The van der Waals surface area contributed by atoms with E-state index in [1.54, 1.807) is 28.8 Å². The van der Waals surface area contributed by atoms with Gasteiger partial charge in [0.1, 0.15) is 17.7 Å². The minimum absolute atomic E-state index is 0.211. The molecule has 4 rings (SSSR count). The Balaban J connectivity index is 1.53. The molecule has 0 atom stereocenters. The van der Waals surface area contributed by atoms with Crippen molar-refractivity contribution in [2.24, 2.45) is 0 Å². The molecule has 3 aromatic heterocycles. The number of benzene rings is 1. The van der Waals surface area contributed by atoms with Crippen LogP contribution in [0.3, 0.4) is 0 Å². The molecule has 0 saturated heterocycles. The summed E-state index contributed by atoms with van der Waals surface area (Å²) >= 11 is 0. The summed E-state index contributed by atoms with van der Waals surface area (Å²) in [5.74, 6) is 0.141. The number of nitrogens with two attached hydrogens (primary N) is 1. The first-order valence-electron chi connectivity index (χ1n) is 9.58. The van der Waals surface area contributed by atoms with E-state index in [4.69, 9.17) is 5.73 Å². The summed E-state index contributed by atoms with van der Waals surface area (Å²) in [7, 11) is 0. The lowest BCUT2D eigenvalue weighted by Crippen LogP contribution is -2.20. The van der Waals surface area contributed by atoms with Gasteiger partial charge in [0.25, 0.3) is 0 Å². The lowest BCUT2D eigenvalue weighted by atomic mass is 10.0. The molecule has 0 aliphatic heterocycles. The number of aromatic nitrogens is 4. The molecule has 0 aliphatic carbocycles. The Hall–Kier alpha value is -4.15. The Kier molecular flexibility index (Phi) is 5.39. The standard InChI is InChI=1S/C21H18F3N7O/c1-2-12-10-31-18(19(25)27-11-28-31)17(12)13-3-5-15(6-4-13)29-20(32)30-16-9-14(7-8-26-16)21(22,23)24/h3-11H,2H2,1H3,(H2,25,27,28)(H2,26,29,30,32). The third-order valence-electron chi connectivity index (χ3n) is 4.82. The van der Waals surface area contributed by atoms with Crippen molar-refractivity contribution in [3.05, 3.63) is 66.2 Å². The number of hydrogen-bond donors (Lipinski definition) is 3. The number of alkyl halides is 3. The molecule has 0 spiro atoms. The quantitative estimate of drug-likeness (QED) is 0.429. The maximum absolute atomic E-state index is 12.8. The third kappa shape index (κ3) is 4.17. The summed E-state index contributed by atoms with van der Waals surface area (Å²) in [5.41, 5.74) is 9.08. The number of amides is 2. The van der Waals surface area contributed by atoms with Crippen LogP contribution in [0.15, 0.2) is 55.1 Å². The van der Waals surface area contributed by atoms with Gasteiger partial charge in [0.2, 0.25) is 0 Å². The minimum Gasteiger partial charge on any atom is -0.382 e. The molecule has 1 aromatic carbocycles. The van der Waals surface area contributed by atoms with Crippen molar-refractivity contribution in [2.75, 3.05) is 16.4 Å². The summed E-state index contributed by atoms with van der Waals surface area (Å²) < 4.78 is 40.1. The van der Waals surface area contributed by atoms with Crippen molar-refractivity contribution in [3.8, 4) is 11.1 Å². The Morgan fingerprint density at radius 1 is 1.12 bits per heavy atom. The molecule has 164 valence electrons. The zero-order chi connectivity index (χ0) is 22.9. The van der Waals surface area contributed by atoms with E-state index in [0.717, 1.165) is 41.4 Å². The van der Waals surface area contributed by atoms with Gasteiger partial charge in [0, 0.05) is 23.6 Å². The number of carbonyl (C=O) groups is 1. The van der Waals surface area contributed by atoms with Crippen LogP contribution in [0.2, 0.25) is 0 Å². The average Bonchev–Trinajstić information content (AvgIpc) is 3.14. The number of fused-ring (bicyclic) bond motifs is 1. The Labute approximate surface area is 180 Å². The Morgan fingerprint density at radius 3 is 2.56 bits per heavy atom. The van der Waals surface area contributed by atoms with Crippen molar-refractivity contribution in [2.45, 2.75) is 19.5 Å². The van der Waals surface area contributed by atoms with Crippen LogP contribution in [-0.4, -0.2) is 25.6 Å². The molecule has 0 fully saturated rings. The third-order valence-corrected chi connectivity index (χ3v) is 4.82. The topological polar surface area (TPSA) is 110 Å². The van der Waals surface area contributed by atoms with Crippen LogP contribution in [-0.2, 0) is 12.6 Å². The number of anilines is 3. The number of pyridine rings is 1. The van der Waals surface area contributed by atoms with E-state index in [2.05, 4.69) is 25.7 Å². The molecule has 0 radical (unpaired) electrons. The lowest BCUT2D eigenvalue weighted by molar-refractivity contribution is -0.137. The van der Waals surface area contributed by atoms with E-state index in [1.165, 1.54) is 6.33 Å². The van der Waals surface area contributed by atoms with E-state index in [0.29, 0.717) is 17.0 Å².